The summed E-state index contributed by atoms with van der Waals surface area (Å²) in [5, 5.41) is 2.79. The van der Waals surface area contributed by atoms with Gasteiger partial charge >= 0.3 is 6.09 Å². The van der Waals surface area contributed by atoms with Gasteiger partial charge in [-0.15, -0.1) is 0 Å². The number of aromatic nitrogens is 3. The van der Waals surface area contributed by atoms with E-state index in [0.717, 1.165) is 17.3 Å². The molecule has 0 spiro atoms. The smallest absolute Gasteiger partial charge is 0.408 e. The summed E-state index contributed by atoms with van der Waals surface area (Å²) in [6.07, 6.45) is 8.15. The number of ether oxygens (including phenoxy) is 1. The first kappa shape index (κ1) is 16.7. The lowest BCUT2D eigenvalue weighted by Gasteiger charge is -2.17. The van der Waals surface area contributed by atoms with E-state index in [4.69, 9.17) is 4.74 Å². The zero-order valence-corrected chi connectivity index (χ0v) is 14.0. The van der Waals surface area contributed by atoms with Gasteiger partial charge in [0.2, 0.25) is 0 Å². The molecule has 7 heteroatoms. The van der Waals surface area contributed by atoms with Crippen molar-refractivity contribution in [1.82, 2.24) is 20.3 Å². The van der Waals surface area contributed by atoms with E-state index in [0.29, 0.717) is 11.1 Å². The highest BCUT2D eigenvalue weighted by molar-refractivity contribution is 5.71. The van der Waals surface area contributed by atoms with Crippen LogP contribution in [0.25, 0.3) is 0 Å². The molecule has 27 heavy (non-hydrogen) atoms. The quantitative estimate of drug-likeness (QED) is 0.711. The van der Waals surface area contributed by atoms with E-state index >= 15 is 0 Å². The van der Waals surface area contributed by atoms with E-state index in [2.05, 4.69) is 32.1 Å². The van der Waals surface area contributed by atoms with Crippen LogP contribution in [0.3, 0.4) is 0 Å². The number of cyclic esters (lactones) is 1. The van der Waals surface area contributed by atoms with Crippen molar-refractivity contribution in [3.05, 3.63) is 89.5 Å². The van der Waals surface area contributed by atoms with Crippen molar-refractivity contribution in [2.75, 3.05) is 0 Å². The largest absolute Gasteiger partial charge is 0.439 e. The number of pyridine rings is 3. The van der Waals surface area contributed by atoms with E-state index in [1.807, 2.05) is 12.1 Å². The van der Waals surface area contributed by atoms with Crippen molar-refractivity contribution in [2.24, 2.45) is 0 Å². The number of nitrogens with zero attached hydrogens (tertiary/aromatic N) is 3. The molecule has 0 bridgehead atoms. The van der Waals surface area contributed by atoms with Crippen LogP contribution in [0.15, 0.2) is 61.4 Å². The Balaban J connectivity index is 1.63. The summed E-state index contributed by atoms with van der Waals surface area (Å²) in [5.41, 5.74) is 2.62. The second kappa shape index (κ2) is 7.22. The fourth-order valence-electron chi connectivity index (χ4n) is 2.80. The SMILES string of the molecule is O=C1N[C@@H](c2cncc(C#Cc3cncc(F)c3)c2)[C@H](c2cccnc2)O1. The van der Waals surface area contributed by atoms with E-state index in [1.165, 1.54) is 12.3 Å². The van der Waals surface area contributed by atoms with Crippen LogP contribution in [0.5, 0.6) is 0 Å². The van der Waals surface area contributed by atoms with Crippen molar-refractivity contribution >= 4 is 6.09 Å². The zero-order chi connectivity index (χ0) is 18.6. The van der Waals surface area contributed by atoms with Crippen LogP contribution in [-0.2, 0) is 4.74 Å². The summed E-state index contributed by atoms with van der Waals surface area (Å²) in [7, 11) is 0. The van der Waals surface area contributed by atoms with Gasteiger partial charge in [-0.05, 0) is 23.8 Å². The molecule has 4 rings (SSSR count). The molecule has 0 aromatic carbocycles. The number of halogens is 1. The Labute approximate surface area is 154 Å². The average molecular weight is 360 g/mol. The van der Waals surface area contributed by atoms with Crippen molar-refractivity contribution in [3.63, 3.8) is 0 Å². The average Bonchev–Trinajstić information content (AvgIpc) is 3.09. The second-order valence-corrected chi connectivity index (χ2v) is 5.88. The number of hydrogen-bond donors (Lipinski definition) is 1. The number of hydrogen-bond acceptors (Lipinski definition) is 5. The molecule has 0 radical (unpaired) electrons. The number of rotatable bonds is 2. The third-order valence-electron chi connectivity index (χ3n) is 4.00. The lowest BCUT2D eigenvalue weighted by Crippen LogP contribution is -2.19. The van der Waals surface area contributed by atoms with E-state index in [1.54, 1.807) is 30.9 Å². The summed E-state index contributed by atoms with van der Waals surface area (Å²) in [4.78, 5) is 23.8. The molecule has 3 aromatic rings. The Hall–Kier alpha value is -3.79. The van der Waals surface area contributed by atoms with Crippen LogP contribution in [0.4, 0.5) is 9.18 Å². The van der Waals surface area contributed by atoms with Crippen molar-refractivity contribution in [1.29, 1.82) is 0 Å². The first-order valence-corrected chi connectivity index (χ1v) is 8.13. The topological polar surface area (TPSA) is 77.0 Å². The number of nitrogens with one attached hydrogen (secondary N) is 1. The number of amides is 1. The Kier molecular flexibility index (Phi) is 4.45. The van der Waals surface area contributed by atoms with E-state index < -0.39 is 24.1 Å². The van der Waals surface area contributed by atoms with Crippen LogP contribution < -0.4 is 5.32 Å². The molecule has 6 nitrogen and oxygen atoms in total. The van der Waals surface area contributed by atoms with Gasteiger partial charge in [-0.3, -0.25) is 15.0 Å². The second-order valence-electron chi connectivity index (χ2n) is 5.88. The number of alkyl carbamates (subject to hydrolysis) is 1. The standard InChI is InChI=1S/C20H13FN4O2/c21-17-7-14(9-24-12-17)4-3-13-6-16(11-23-8-13)18-19(27-20(26)25-18)15-2-1-5-22-10-15/h1-2,5-12,18-19H,(H,25,26)/t18-,19-/m0/s1. The molecule has 0 aliphatic carbocycles. The van der Waals surface area contributed by atoms with Gasteiger partial charge in [0.05, 0.1) is 6.20 Å². The summed E-state index contributed by atoms with van der Waals surface area (Å²) < 4.78 is 18.6. The Bertz CT molecular complexity index is 1050. The lowest BCUT2D eigenvalue weighted by molar-refractivity contribution is 0.132. The molecule has 1 aliphatic heterocycles. The molecule has 1 amide bonds. The summed E-state index contributed by atoms with van der Waals surface area (Å²) in [6, 6.07) is 6.34. The van der Waals surface area contributed by atoms with Gasteiger partial charge in [0.1, 0.15) is 11.9 Å². The molecule has 1 fully saturated rings. The number of carbonyl (C=O) groups is 1. The van der Waals surface area contributed by atoms with Gasteiger partial charge in [0.25, 0.3) is 0 Å². The maximum absolute atomic E-state index is 13.2. The fourth-order valence-corrected chi connectivity index (χ4v) is 2.80. The Morgan fingerprint density at radius 1 is 0.963 bits per heavy atom. The molecule has 2 atom stereocenters. The van der Waals surface area contributed by atoms with Crippen LogP contribution in [0, 0.1) is 17.7 Å². The highest BCUT2D eigenvalue weighted by Gasteiger charge is 2.36. The van der Waals surface area contributed by atoms with Crippen LogP contribution in [0.1, 0.15) is 34.4 Å². The third-order valence-corrected chi connectivity index (χ3v) is 4.00. The first-order valence-electron chi connectivity index (χ1n) is 8.13. The Morgan fingerprint density at radius 3 is 2.44 bits per heavy atom. The maximum atomic E-state index is 13.2. The normalized spacial score (nSPS) is 18.2. The van der Waals surface area contributed by atoms with E-state index in [-0.39, 0.29) is 0 Å². The minimum atomic E-state index is -0.511. The van der Waals surface area contributed by atoms with Crippen molar-refractivity contribution in [2.45, 2.75) is 12.1 Å². The maximum Gasteiger partial charge on any atom is 0.408 e. The molecule has 0 unspecified atom stereocenters. The van der Waals surface area contributed by atoms with Gasteiger partial charge < -0.3 is 10.1 Å². The van der Waals surface area contributed by atoms with E-state index in [9.17, 15) is 9.18 Å². The van der Waals surface area contributed by atoms with Crippen molar-refractivity contribution < 1.29 is 13.9 Å². The van der Waals surface area contributed by atoms with Gasteiger partial charge in [0, 0.05) is 47.7 Å². The van der Waals surface area contributed by atoms with Crippen molar-refractivity contribution in [3.8, 4) is 11.8 Å². The van der Waals surface area contributed by atoms with Gasteiger partial charge in [-0.1, -0.05) is 17.9 Å². The highest BCUT2D eigenvalue weighted by Crippen LogP contribution is 2.36. The fraction of sp³-hybridized carbons (Fsp3) is 0.100. The molecular formula is C20H13FN4O2. The molecule has 132 valence electrons. The van der Waals surface area contributed by atoms with Gasteiger partial charge in [-0.25, -0.2) is 9.18 Å². The highest BCUT2D eigenvalue weighted by atomic mass is 19.1. The molecule has 1 N–H and O–H groups in total. The zero-order valence-electron chi connectivity index (χ0n) is 14.0. The predicted molar refractivity (Wildman–Crippen MR) is 93.7 cm³/mol. The van der Waals surface area contributed by atoms with Crippen LogP contribution >= 0.6 is 0 Å². The molecule has 1 saturated heterocycles. The lowest BCUT2D eigenvalue weighted by atomic mass is 9.98. The van der Waals surface area contributed by atoms with Gasteiger partial charge in [0.15, 0.2) is 6.10 Å². The molecule has 4 heterocycles. The predicted octanol–water partition coefficient (Wildman–Crippen LogP) is 2.93. The summed E-state index contributed by atoms with van der Waals surface area (Å²) >= 11 is 0. The number of carbonyl (C=O) groups excluding carboxylic acids is 1. The Morgan fingerprint density at radius 2 is 1.70 bits per heavy atom. The summed E-state index contributed by atoms with van der Waals surface area (Å²) in [6.45, 7) is 0. The molecule has 0 saturated carbocycles. The minimum absolute atomic E-state index is 0.410. The van der Waals surface area contributed by atoms with Gasteiger partial charge in [-0.2, -0.15) is 0 Å². The summed E-state index contributed by atoms with van der Waals surface area (Å²) in [5.74, 6) is 5.34. The minimum Gasteiger partial charge on any atom is -0.439 e. The van der Waals surface area contributed by atoms with Crippen LogP contribution in [-0.4, -0.2) is 21.0 Å². The molecule has 1 aliphatic rings. The third kappa shape index (κ3) is 3.75. The van der Waals surface area contributed by atoms with Crippen LogP contribution in [0.2, 0.25) is 0 Å². The monoisotopic (exact) mass is 360 g/mol. The first-order chi connectivity index (χ1) is 13.2. The molecular weight excluding hydrogens is 347 g/mol. The molecule has 3 aromatic heterocycles.